The first-order valence-electron chi connectivity index (χ1n) is 7.86. The van der Waals surface area contributed by atoms with Crippen LogP contribution in [0.25, 0.3) is 0 Å². The molecule has 0 spiro atoms. The van der Waals surface area contributed by atoms with Crippen LogP contribution in [0.1, 0.15) is 0 Å². The Balaban J connectivity index is 2.06. The van der Waals surface area contributed by atoms with Gasteiger partial charge >= 0.3 is 0 Å². The zero-order valence-electron chi connectivity index (χ0n) is 14.2. The minimum atomic E-state index is 0.845. The second kappa shape index (κ2) is 7.13. The van der Waals surface area contributed by atoms with Gasteiger partial charge in [0, 0.05) is 17.1 Å². The van der Waals surface area contributed by atoms with Gasteiger partial charge in [0.05, 0.1) is 14.2 Å². The first kappa shape index (κ1) is 16.0. The Bertz CT molecular complexity index is 736. The zero-order valence-corrected chi connectivity index (χ0v) is 14.2. The lowest BCUT2D eigenvalue weighted by atomic mass is 9.96. The number of methoxy groups -OCH3 is 2. The Kier molecular flexibility index (Phi) is 4.75. The molecule has 120 valence electrons. The number of nitrogens with zero attached hydrogens (tertiary/aromatic N) is 1. The van der Waals surface area contributed by atoms with E-state index in [9.17, 15) is 0 Å². The third kappa shape index (κ3) is 3.38. The Morgan fingerprint density at radius 1 is 0.583 bits per heavy atom. The lowest BCUT2D eigenvalue weighted by Crippen LogP contribution is -2.11. The van der Waals surface area contributed by atoms with Gasteiger partial charge in [-0.1, -0.05) is 17.6 Å². The molecule has 4 heteroatoms. The summed E-state index contributed by atoms with van der Waals surface area (Å²) in [5, 5.41) is 0. The second-order valence-electron chi connectivity index (χ2n) is 5.57. The molecule has 0 radical (unpaired) electrons. The fourth-order valence-corrected chi connectivity index (χ4v) is 2.60. The molecule has 0 saturated carbocycles. The maximum Gasteiger partial charge on any atom is 0.139 e. The minimum absolute atomic E-state index is 0.845. The molecule has 0 atom stereocenters. The van der Waals surface area contributed by atoms with Gasteiger partial charge in [-0.2, -0.15) is 0 Å². The van der Waals surface area contributed by atoms with Crippen LogP contribution in [0.4, 0.5) is 17.1 Å². The van der Waals surface area contributed by atoms with E-state index in [1.807, 2.05) is 24.3 Å². The quantitative estimate of drug-likeness (QED) is 0.673. The maximum atomic E-state index is 5.27. The van der Waals surface area contributed by atoms with Crippen LogP contribution in [0.3, 0.4) is 0 Å². The Morgan fingerprint density at radius 3 is 1.25 bits per heavy atom. The van der Waals surface area contributed by atoms with Crippen LogP contribution in [0.5, 0.6) is 11.5 Å². The molecule has 0 heterocycles. The highest BCUT2D eigenvalue weighted by Crippen LogP contribution is 2.35. The van der Waals surface area contributed by atoms with Crippen LogP contribution in [-0.4, -0.2) is 22.1 Å². The molecule has 0 bridgehead atoms. The summed E-state index contributed by atoms with van der Waals surface area (Å²) in [6.45, 7) is 0. The number of ether oxygens (including phenoxy) is 2. The van der Waals surface area contributed by atoms with Gasteiger partial charge in [-0.15, -0.1) is 0 Å². The van der Waals surface area contributed by atoms with Gasteiger partial charge in [0.2, 0.25) is 0 Å². The summed E-state index contributed by atoms with van der Waals surface area (Å²) < 4.78 is 10.5. The van der Waals surface area contributed by atoms with Gasteiger partial charge < -0.3 is 14.4 Å². The van der Waals surface area contributed by atoms with Gasteiger partial charge in [0.25, 0.3) is 0 Å². The van der Waals surface area contributed by atoms with E-state index in [1.54, 1.807) is 14.2 Å². The zero-order chi connectivity index (χ0) is 16.9. The number of hydrogen-bond donors (Lipinski definition) is 0. The third-order valence-electron chi connectivity index (χ3n) is 3.95. The van der Waals surface area contributed by atoms with Crippen molar-refractivity contribution in [2.45, 2.75) is 0 Å². The van der Waals surface area contributed by atoms with Crippen LogP contribution in [-0.2, 0) is 0 Å². The highest BCUT2D eigenvalue weighted by molar-refractivity contribution is 6.32. The number of anilines is 3. The van der Waals surface area contributed by atoms with Crippen LogP contribution < -0.4 is 19.8 Å². The van der Waals surface area contributed by atoms with E-state index in [-0.39, 0.29) is 0 Å². The van der Waals surface area contributed by atoms with Gasteiger partial charge in [0.15, 0.2) is 0 Å². The van der Waals surface area contributed by atoms with Crippen LogP contribution >= 0.6 is 0 Å². The molecule has 3 nitrogen and oxygen atoms in total. The average molecular weight is 317 g/mol. The van der Waals surface area contributed by atoms with Crippen molar-refractivity contribution in [1.29, 1.82) is 0 Å². The van der Waals surface area contributed by atoms with E-state index < -0.39 is 0 Å². The van der Waals surface area contributed by atoms with Crippen molar-refractivity contribution >= 4 is 30.4 Å². The molecule has 0 saturated heterocycles. The largest absolute Gasteiger partial charge is 0.497 e. The molecule has 0 fully saturated rings. The SMILES string of the molecule is Bc1ccc(N(c2ccc(OC)cc2)c2ccc(OC)cc2)cc1. The summed E-state index contributed by atoms with van der Waals surface area (Å²) in [6, 6.07) is 24.6. The molecule has 3 aromatic carbocycles. The van der Waals surface area contributed by atoms with Crippen molar-refractivity contribution in [2.24, 2.45) is 0 Å². The molecule has 0 amide bonds. The molecule has 0 aliphatic heterocycles. The summed E-state index contributed by atoms with van der Waals surface area (Å²) in [7, 11) is 5.45. The Hall–Kier alpha value is -2.88. The predicted molar refractivity (Wildman–Crippen MR) is 102 cm³/mol. The highest BCUT2D eigenvalue weighted by Gasteiger charge is 2.12. The van der Waals surface area contributed by atoms with Crippen molar-refractivity contribution in [3.8, 4) is 11.5 Å². The molecule has 3 aromatic rings. The minimum Gasteiger partial charge on any atom is -0.497 e. The summed E-state index contributed by atoms with van der Waals surface area (Å²) in [4.78, 5) is 2.21. The van der Waals surface area contributed by atoms with Crippen molar-refractivity contribution < 1.29 is 9.47 Å². The van der Waals surface area contributed by atoms with Crippen molar-refractivity contribution in [2.75, 3.05) is 19.1 Å². The Morgan fingerprint density at radius 2 is 0.917 bits per heavy atom. The average Bonchev–Trinajstić information content (AvgIpc) is 2.64. The lowest BCUT2D eigenvalue weighted by molar-refractivity contribution is 0.415. The molecule has 24 heavy (non-hydrogen) atoms. The first-order chi connectivity index (χ1) is 11.7. The standard InChI is InChI=1S/C20H20BNO2/c1-23-19-11-7-17(8-12-19)22(16-5-3-15(21)4-6-16)18-9-13-20(24-2)14-10-18/h3-14H,21H2,1-2H3. The third-order valence-corrected chi connectivity index (χ3v) is 3.95. The number of rotatable bonds is 5. The summed E-state index contributed by atoms with van der Waals surface area (Å²) in [5.41, 5.74) is 4.49. The van der Waals surface area contributed by atoms with Gasteiger partial charge in [-0.3, -0.25) is 0 Å². The molecular weight excluding hydrogens is 297 g/mol. The summed E-state index contributed by atoms with van der Waals surface area (Å²) >= 11 is 0. The fourth-order valence-electron chi connectivity index (χ4n) is 2.60. The van der Waals surface area contributed by atoms with E-state index in [0.29, 0.717) is 0 Å². The van der Waals surface area contributed by atoms with Gasteiger partial charge in [-0.05, 0) is 60.7 Å². The number of benzene rings is 3. The molecule has 0 unspecified atom stereocenters. The second-order valence-corrected chi connectivity index (χ2v) is 5.57. The molecular formula is C20H20BNO2. The Labute approximate surface area is 143 Å². The smallest absolute Gasteiger partial charge is 0.139 e. The summed E-state index contributed by atoms with van der Waals surface area (Å²) in [5.74, 6) is 1.69. The van der Waals surface area contributed by atoms with E-state index in [4.69, 9.17) is 9.47 Å². The van der Waals surface area contributed by atoms with Crippen LogP contribution in [0.2, 0.25) is 0 Å². The molecule has 0 aliphatic rings. The highest BCUT2D eigenvalue weighted by atomic mass is 16.5. The summed E-state index contributed by atoms with van der Waals surface area (Å²) in [6.07, 6.45) is 0. The van der Waals surface area contributed by atoms with E-state index in [2.05, 4.69) is 61.3 Å². The maximum absolute atomic E-state index is 5.27. The van der Waals surface area contributed by atoms with E-state index >= 15 is 0 Å². The van der Waals surface area contributed by atoms with Crippen LogP contribution in [0.15, 0.2) is 72.8 Å². The topological polar surface area (TPSA) is 21.7 Å². The van der Waals surface area contributed by atoms with Gasteiger partial charge in [0.1, 0.15) is 19.3 Å². The van der Waals surface area contributed by atoms with Gasteiger partial charge in [-0.25, -0.2) is 0 Å². The lowest BCUT2D eigenvalue weighted by Gasteiger charge is -2.26. The van der Waals surface area contributed by atoms with Crippen LogP contribution in [0, 0.1) is 0 Å². The predicted octanol–water partition coefficient (Wildman–Crippen LogP) is 3.43. The molecule has 0 aliphatic carbocycles. The number of hydrogen-bond acceptors (Lipinski definition) is 3. The first-order valence-corrected chi connectivity index (χ1v) is 7.86. The normalized spacial score (nSPS) is 10.2. The van der Waals surface area contributed by atoms with Crippen molar-refractivity contribution in [3.05, 3.63) is 72.8 Å². The van der Waals surface area contributed by atoms with E-state index in [0.717, 1.165) is 28.6 Å². The molecule has 0 aromatic heterocycles. The monoisotopic (exact) mass is 317 g/mol. The van der Waals surface area contributed by atoms with Crippen molar-refractivity contribution in [1.82, 2.24) is 0 Å². The van der Waals surface area contributed by atoms with Crippen molar-refractivity contribution in [3.63, 3.8) is 0 Å². The molecule has 3 rings (SSSR count). The molecule has 0 N–H and O–H groups in total. The fraction of sp³-hybridized carbons (Fsp3) is 0.100. The van der Waals surface area contributed by atoms with E-state index in [1.165, 1.54) is 5.46 Å².